The highest BCUT2D eigenvalue weighted by Crippen LogP contribution is 2.12. The van der Waals surface area contributed by atoms with E-state index in [2.05, 4.69) is 26.1 Å². The third-order valence-electron chi connectivity index (χ3n) is 4.94. The zero-order valence-electron chi connectivity index (χ0n) is 17.4. The summed E-state index contributed by atoms with van der Waals surface area (Å²) in [4.78, 5) is 24.6. The Morgan fingerprint density at radius 1 is 0.963 bits per heavy atom. The van der Waals surface area contributed by atoms with Gasteiger partial charge in [-0.05, 0) is 37.0 Å². The second-order valence-electron chi connectivity index (χ2n) is 7.26. The Labute approximate surface area is 165 Å². The van der Waals surface area contributed by atoms with Crippen molar-refractivity contribution in [1.82, 2.24) is 5.32 Å². The number of nitrogens with one attached hydrogen (secondary N) is 1. The Morgan fingerprint density at radius 2 is 1.67 bits per heavy atom. The van der Waals surface area contributed by atoms with Crippen molar-refractivity contribution in [3.8, 4) is 0 Å². The first-order chi connectivity index (χ1) is 13.1. The van der Waals surface area contributed by atoms with Crippen molar-refractivity contribution in [2.75, 3.05) is 13.2 Å². The van der Waals surface area contributed by atoms with Gasteiger partial charge in [-0.25, -0.2) is 4.79 Å². The number of unbranched alkanes of at least 4 members (excludes halogenated alkanes) is 5. The number of carbonyl (C=O) groups excluding carboxylic acids is 2. The van der Waals surface area contributed by atoms with Crippen LogP contribution in [0.15, 0.2) is 24.3 Å². The molecule has 0 aliphatic rings. The molecule has 4 nitrogen and oxygen atoms in total. The number of amides is 1. The Kier molecular flexibility index (Phi) is 12.2. The molecule has 0 aliphatic carbocycles. The number of carbonyl (C=O) groups is 2. The summed E-state index contributed by atoms with van der Waals surface area (Å²) in [6.45, 7) is 7.64. The van der Waals surface area contributed by atoms with Crippen molar-refractivity contribution in [3.05, 3.63) is 35.4 Å². The fourth-order valence-corrected chi connectivity index (χ4v) is 3.02. The molecule has 4 heteroatoms. The Morgan fingerprint density at radius 3 is 2.37 bits per heavy atom. The number of ether oxygens (including phenoxy) is 1. The normalized spacial score (nSPS) is 11.8. The summed E-state index contributed by atoms with van der Waals surface area (Å²) < 4.78 is 5.33. The molecule has 0 fully saturated rings. The van der Waals surface area contributed by atoms with E-state index in [9.17, 15) is 9.59 Å². The van der Waals surface area contributed by atoms with Gasteiger partial charge in [0.15, 0.2) is 0 Å². The maximum Gasteiger partial charge on any atom is 0.338 e. The SMILES string of the molecule is CCCCCCCOC(=O)c1cccc(C(=O)NCC(CC)CCCC)c1. The Bertz CT molecular complexity index is 556. The Hall–Kier alpha value is -1.84. The van der Waals surface area contributed by atoms with Crippen LogP contribution in [-0.4, -0.2) is 25.0 Å². The van der Waals surface area contributed by atoms with E-state index in [-0.39, 0.29) is 11.9 Å². The number of rotatable bonds is 14. The van der Waals surface area contributed by atoms with Crippen molar-refractivity contribution < 1.29 is 14.3 Å². The van der Waals surface area contributed by atoms with Crippen molar-refractivity contribution in [2.24, 2.45) is 5.92 Å². The first-order valence-corrected chi connectivity index (χ1v) is 10.7. The van der Waals surface area contributed by atoms with Crippen molar-refractivity contribution in [2.45, 2.75) is 78.6 Å². The van der Waals surface area contributed by atoms with Gasteiger partial charge in [-0.1, -0.05) is 71.8 Å². The molecule has 27 heavy (non-hydrogen) atoms. The molecule has 1 atom stereocenters. The van der Waals surface area contributed by atoms with Crippen LogP contribution in [0.3, 0.4) is 0 Å². The van der Waals surface area contributed by atoms with Crippen LogP contribution in [0.2, 0.25) is 0 Å². The first-order valence-electron chi connectivity index (χ1n) is 10.7. The topological polar surface area (TPSA) is 55.4 Å². The summed E-state index contributed by atoms with van der Waals surface area (Å²) >= 11 is 0. The molecule has 1 amide bonds. The fourth-order valence-electron chi connectivity index (χ4n) is 3.02. The smallest absolute Gasteiger partial charge is 0.338 e. The molecule has 1 unspecified atom stereocenters. The predicted octanol–water partition coefficient (Wildman–Crippen LogP) is 5.76. The van der Waals surface area contributed by atoms with Crippen LogP contribution in [0.25, 0.3) is 0 Å². The van der Waals surface area contributed by atoms with Crippen LogP contribution in [0.4, 0.5) is 0 Å². The van der Waals surface area contributed by atoms with Gasteiger partial charge in [0.1, 0.15) is 0 Å². The predicted molar refractivity (Wildman–Crippen MR) is 111 cm³/mol. The average molecular weight is 376 g/mol. The molecule has 152 valence electrons. The molecule has 1 aromatic carbocycles. The third kappa shape index (κ3) is 9.60. The summed E-state index contributed by atoms with van der Waals surface area (Å²) in [7, 11) is 0. The molecule has 0 heterocycles. The molecule has 0 radical (unpaired) electrons. The van der Waals surface area contributed by atoms with Gasteiger partial charge in [0.25, 0.3) is 5.91 Å². The van der Waals surface area contributed by atoms with Crippen LogP contribution >= 0.6 is 0 Å². The lowest BCUT2D eigenvalue weighted by Gasteiger charge is -2.15. The summed E-state index contributed by atoms with van der Waals surface area (Å²) in [6.07, 6.45) is 10.1. The van der Waals surface area contributed by atoms with Gasteiger partial charge in [0.05, 0.1) is 12.2 Å². The van der Waals surface area contributed by atoms with Gasteiger partial charge in [0, 0.05) is 12.1 Å². The average Bonchev–Trinajstić information content (AvgIpc) is 2.70. The molecule has 0 bridgehead atoms. The van der Waals surface area contributed by atoms with Gasteiger partial charge in [-0.3, -0.25) is 4.79 Å². The van der Waals surface area contributed by atoms with Gasteiger partial charge in [-0.15, -0.1) is 0 Å². The van der Waals surface area contributed by atoms with Crippen LogP contribution in [-0.2, 0) is 4.74 Å². The summed E-state index contributed by atoms with van der Waals surface area (Å²) in [6, 6.07) is 6.80. The van der Waals surface area contributed by atoms with Gasteiger partial charge in [0.2, 0.25) is 0 Å². The minimum atomic E-state index is -0.352. The van der Waals surface area contributed by atoms with Gasteiger partial charge in [-0.2, -0.15) is 0 Å². The van der Waals surface area contributed by atoms with E-state index in [4.69, 9.17) is 4.74 Å². The van der Waals surface area contributed by atoms with Crippen LogP contribution in [0.5, 0.6) is 0 Å². The van der Waals surface area contributed by atoms with Crippen molar-refractivity contribution >= 4 is 11.9 Å². The minimum Gasteiger partial charge on any atom is -0.462 e. The van der Waals surface area contributed by atoms with Gasteiger partial charge >= 0.3 is 5.97 Å². The first kappa shape index (κ1) is 23.2. The van der Waals surface area contributed by atoms with Crippen molar-refractivity contribution in [3.63, 3.8) is 0 Å². The van der Waals surface area contributed by atoms with E-state index >= 15 is 0 Å². The maximum absolute atomic E-state index is 12.4. The highest BCUT2D eigenvalue weighted by atomic mass is 16.5. The number of hydrogen-bond acceptors (Lipinski definition) is 3. The molecule has 0 aromatic heterocycles. The standard InChI is InChI=1S/C23H37NO3/c1-4-7-9-10-11-16-27-23(26)21-15-12-14-20(17-21)22(25)24-18-19(6-3)13-8-5-2/h12,14-15,17,19H,4-11,13,16,18H2,1-3H3,(H,24,25). The summed E-state index contributed by atoms with van der Waals surface area (Å²) in [5.41, 5.74) is 0.951. The summed E-state index contributed by atoms with van der Waals surface area (Å²) in [5.74, 6) is 0.0310. The molecular formula is C23H37NO3. The molecule has 1 N–H and O–H groups in total. The van der Waals surface area contributed by atoms with E-state index in [0.29, 0.717) is 30.2 Å². The second kappa shape index (κ2) is 14.2. The third-order valence-corrected chi connectivity index (χ3v) is 4.94. The summed E-state index contributed by atoms with van der Waals surface area (Å²) in [5, 5.41) is 3.01. The van der Waals surface area contributed by atoms with E-state index in [1.165, 1.54) is 32.1 Å². The maximum atomic E-state index is 12.4. The molecule has 1 aromatic rings. The molecule has 0 aliphatic heterocycles. The van der Waals surface area contributed by atoms with Crippen LogP contribution < -0.4 is 5.32 Å². The fraction of sp³-hybridized carbons (Fsp3) is 0.652. The molecular weight excluding hydrogens is 338 g/mol. The van der Waals surface area contributed by atoms with E-state index in [1.807, 2.05) is 0 Å². The zero-order valence-corrected chi connectivity index (χ0v) is 17.4. The number of esters is 1. The van der Waals surface area contributed by atoms with E-state index < -0.39 is 0 Å². The number of benzene rings is 1. The van der Waals surface area contributed by atoms with Gasteiger partial charge < -0.3 is 10.1 Å². The largest absolute Gasteiger partial charge is 0.462 e. The lowest BCUT2D eigenvalue weighted by atomic mass is 9.99. The quantitative estimate of drug-likeness (QED) is 0.332. The zero-order chi connectivity index (χ0) is 19.9. The lowest BCUT2D eigenvalue weighted by Crippen LogP contribution is -2.29. The molecule has 0 spiro atoms. The highest BCUT2D eigenvalue weighted by molar-refractivity contribution is 5.97. The molecule has 0 saturated carbocycles. The van der Waals surface area contributed by atoms with Crippen LogP contribution in [0.1, 0.15) is 99.3 Å². The van der Waals surface area contributed by atoms with E-state index in [1.54, 1.807) is 24.3 Å². The van der Waals surface area contributed by atoms with E-state index in [0.717, 1.165) is 25.7 Å². The highest BCUT2D eigenvalue weighted by Gasteiger charge is 2.13. The minimum absolute atomic E-state index is 0.126. The second-order valence-corrected chi connectivity index (χ2v) is 7.26. The lowest BCUT2D eigenvalue weighted by molar-refractivity contribution is 0.0497. The number of hydrogen-bond donors (Lipinski definition) is 1. The van der Waals surface area contributed by atoms with Crippen LogP contribution in [0, 0.1) is 5.92 Å². The Balaban J connectivity index is 2.47. The molecule has 1 rings (SSSR count). The monoisotopic (exact) mass is 375 g/mol. The van der Waals surface area contributed by atoms with Crippen molar-refractivity contribution in [1.29, 1.82) is 0 Å². The molecule has 0 saturated heterocycles.